The Morgan fingerprint density at radius 3 is 2.29 bits per heavy atom. The minimum Gasteiger partial charge on any atom is -0.479 e. The molecule has 90 valence electrons. The standard InChI is InChI=1S/C12H15N3O2/c1-3-8-12(2,11(16)17)15-13-9-6-4-5-7-10(9)14-15/h4-7H,3,8H2,1-2H3,(H,16,17). The van der Waals surface area contributed by atoms with Crippen LogP contribution in [0, 0.1) is 0 Å². The fraction of sp³-hybridized carbons (Fsp3) is 0.417. The van der Waals surface area contributed by atoms with Crippen molar-refractivity contribution >= 4 is 17.0 Å². The second-order valence-corrected chi connectivity index (χ2v) is 4.31. The first-order valence-corrected chi connectivity index (χ1v) is 5.64. The molecule has 1 atom stereocenters. The average Bonchev–Trinajstić information content (AvgIpc) is 2.72. The minimum absolute atomic E-state index is 0.503. The summed E-state index contributed by atoms with van der Waals surface area (Å²) < 4.78 is 0. The molecule has 0 saturated heterocycles. The fourth-order valence-corrected chi connectivity index (χ4v) is 1.86. The molecule has 0 aliphatic carbocycles. The molecule has 0 bridgehead atoms. The second-order valence-electron chi connectivity index (χ2n) is 4.31. The highest BCUT2D eigenvalue weighted by Crippen LogP contribution is 2.22. The van der Waals surface area contributed by atoms with Crippen LogP contribution in [0.5, 0.6) is 0 Å². The number of hydrogen-bond acceptors (Lipinski definition) is 3. The van der Waals surface area contributed by atoms with Gasteiger partial charge in [-0.05, 0) is 25.5 Å². The van der Waals surface area contributed by atoms with Gasteiger partial charge in [0, 0.05) is 0 Å². The summed E-state index contributed by atoms with van der Waals surface area (Å²) in [4.78, 5) is 12.7. The van der Waals surface area contributed by atoms with Crippen molar-refractivity contribution in [1.82, 2.24) is 15.0 Å². The third-order valence-electron chi connectivity index (χ3n) is 2.93. The van der Waals surface area contributed by atoms with Gasteiger partial charge < -0.3 is 5.11 Å². The summed E-state index contributed by atoms with van der Waals surface area (Å²) in [7, 11) is 0. The molecule has 2 rings (SSSR count). The van der Waals surface area contributed by atoms with Gasteiger partial charge in [0.25, 0.3) is 0 Å². The van der Waals surface area contributed by atoms with Gasteiger partial charge >= 0.3 is 5.97 Å². The highest BCUT2D eigenvalue weighted by molar-refractivity contribution is 5.77. The molecule has 0 spiro atoms. The maximum absolute atomic E-state index is 11.4. The second kappa shape index (κ2) is 4.16. The number of aliphatic carboxylic acids is 1. The summed E-state index contributed by atoms with van der Waals surface area (Å²) in [6.07, 6.45) is 1.27. The van der Waals surface area contributed by atoms with Crippen LogP contribution in [0.2, 0.25) is 0 Å². The van der Waals surface area contributed by atoms with E-state index in [0.717, 1.165) is 17.5 Å². The summed E-state index contributed by atoms with van der Waals surface area (Å²) in [5.41, 5.74) is 0.362. The van der Waals surface area contributed by atoms with E-state index in [0.29, 0.717) is 6.42 Å². The first kappa shape index (κ1) is 11.6. The largest absolute Gasteiger partial charge is 0.479 e. The quantitative estimate of drug-likeness (QED) is 0.877. The van der Waals surface area contributed by atoms with Crippen molar-refractivity contribution in [1.29, 1.82) is 0 Å². The van der Waals surface area contributed by atoms with Gasteiger partial charge in [0.1, 0.15) is 11.0 Å². The number of benzene rings is 1. The molecule has 0 aliphatic heterocycles. The van der Waals surface area contributed by atoms with E-state index in [1.807, 2.05) is 31.2 Å². The zero-order valence-corrected chi connectivity index (χ0v) is 9.92. The van der Waals surface area contributed by atoms with Gasteiger partial charge in [-0.3, -0.25) is 0 Å². The molecule has 0 radical (unpaired) electrons. The van der Waals surface area contributed by atoms with Crippen LogP contribution in [0.15, 0.2) is 24.3 Å². The smallest absolute Gasteiger partial charge is 0.333 e. The van der Waals surface area contributed by atoms with Crippen molar-refractivity contribution in [3.63, 3.8) is 0 Å². The number of carboxylic acids is 1. The summed E-state index contributed by atoms with van der Waals surface area (Å²) in [5, 5.41) is 17.8. The molecule has 1 unspecified atom stereocenters. The van der Waals surface area contributed by atoms with Gasteiger partial charge in [-0.2, -0.15) is 15.0 Å². The van der Waals surface area contributed by atoms with Gasteiger partial charge in [-0.1, -0.05) is 25.5 Å². The predicted molar refractivity (Wildman–Crippen MR) is 63.7 cm³/mol. The Balaban J connectivity index is 2.53. The molecular weight excluding hydrogens is 218 g/mol. The van der Waals surface area contributed by atoms with E-state index in [9.17, 15) is 9.90 Å². The maximum atomic E-state index is 11.4. The normalized spacial score (nSPS) is 14.7. The van der Waals surface area contributed by atoms with Crippen LogP contribution in [0.25, 0.3) is 11.0 Å². The molecule has 5 heteroatoms. The van der Waals surface area contributed by atoms with Gasteiger partial charge in [0.15, 0.2) is 5.54 Å². The Morgan fingerprint density at radius 1 is 1.35 bits per heavy atom. The van der Waals surface area contributed by atoms with E-state index in [1.165, 1.54) is 4.80 Å². The van der Waals surface area contributed by atoms with Crippen LogP contribution in [-0.4, -0.2) is 26.1 Å². The Bertz CT molecular complexity index is 516. The lowest BCUT2D eigenvalue weighted by Gasteiger charge is -2.22. The molecule has 1 aromatic heterocycles. The summed E-state index contributed by atoms with van der Waals surface area (Å²) >= 11 is 0. The van der Waals surface area contributed by atoms with Crippen molar-refractivity contribution in [3.05, 3.63) is 24.3 Å². The first-order valence-electron chi connectivity index (χ1n) is 5.64. The van der Waals surface area contributed by atoms with Crippen LogP contribution >= 0.6 is 0 Å². The Morgan fingerprint density at radius 2 is 1.88 bits per heavy atom. The summed E-state index contributed by atoms with van der Waals surface area (Å²) in [6.45, 7) is 3.60. The van der Waals surface area contributed by atoms with E-state index in [1.54, 1.807) is 6.92 Å². The number of carbonyl (C=O) groups is 1. The van der Waals surface area contributed by atoms with Crippen molar-refractivity contribution in [3.8, 4) is 0 Å². The minimum atomic E-state index is -1.08. The molecule has 0 aliphatic rings. The Hall–Kier alpha value is -1.91. The Kier molecular flexibility index (Phi) is 2.83. The number of nitrogens with zero attached hydrogens (tertiary/aromatic N) is 3. The highest BCUT2D eigenvalue weighted by Gasteiger charge is 2.36. The van der Waals surface area contributed by atoms with E-state index < -0.39 is 11.5 Å². The van der Waals surface area contributed by atoms with Gasteiger partial charge in [0.2, 0.25) is 0 Å². The van der Waals surface area contributed by atoms with Gasteiger partial charge in [-0.15, -0.1) is 0 Å². The topological polar surface area (TPSA) is 68.0 Å². The molecule has 0 fully saturated rings. The zero-order valence-electron chi connectivity index (χ0n) is 9.92. The number of hydrogen-bond donors (Lipinski definition) is 1. The van der Waals surface area contributed by atoms with E-state index in [4.69, 9.17) is 0 Å². The van der Waals surface area contributed by atoms with Gasteiger partial charge in [0.05, 0.1) is 0 Å². The molecular formula is C12H15N3O2. The van der Waals surface area contributed by atoms with Crippen LogP contribution < -0.4 is 0 Å². The van der Waals surface area contributed by atoms with E-state index in [2.05, 4.69) is 10.2 Å². The lowest BCUT2D eigenvalue weighted by Crippen LogP contribution is -2.40. The molecule has 5 nitrogen and oxygen atoms in total. The van der Waals surface area contributed by atoms with Crippen LogP contribution in [0.1, 0.15) is 26.7 Å². The van der Waals surface area contributed by atoms with Crippen LogP contribution in [0.4, 0.5) is 0 Å². The molecule has 1 N–H and O–H groups in total. The molecule has 2 aromatic rings. The van der Waals surface area contributed by atoms with E-state index >= 15 is 0 Å². The average molecular weight is 233 g/mol. The molecule has 1 aromatic carbocycles. The third-order valence-corrected chi connectivity index (χ3v) is 2.93. The predicted octanol–water partition coefficient (Wildman–Crippen LogP) is 2.03. The maximum Gasteiger partial charge on any atom is 0.333 e. The van der Waals surface area contributed by atoms with Crippen molar-refractivity contribution in [2.45, 2.75) is 32.2 Å². The summed E-state index contributed by atoms with van der Waals surface area (Å²) in [6, 6.07) is 7.37. The van der Waals surface area contributed by atoms with E-state index in [-0.39, 0.29) is 0 Å². The fourth-order valence-electron chi connectivity index (χ4n) is 1.86. The first-order chi connectivity index (χ1) is 8.08. The molecule has 17 heavy (non-hydrogen) atoms. The summed E-state index contributed by atoms with van der Waals surface area (Å²) in [5.74, 6) is -0.903. The zero-order chi connectivity index (χ0) is 12.5. The molecule has 0 saturated carbocycles. The molecule has 0 amide bonds. The molecule has 1 heterocycles. The van der Waals surface area contributed by atoms with Crippen molar-refractivity contribution in [2.24, 2.45) is 0 Å². The van der Waals surface area contributed by atoms with Crippen LogP contribution in [0.3, 0.4) is 0 Å². The number of fused-ring (bicyclic) bond motifs is 1. The highest BCUT2D eigenvalue weighted by atomic mass is 16.4. The lowest BCUT2D eigenvalue weighted by molar-refractivity contribution is -0.148. The monoisotopic (exact) mass is 233 g/mol. The van der Waals surface area contributed by atoms with Crippen molar-refractivity contribution in [2.75, 3.05) is 0 Å². The van der Waals surface area contributed by atoms with Gasteiger partial charge in [-0.25, -0.2) is 4.79 Å². The number of rotatable bonds is 4. The van der Waals surface area contributed by atoms with Crippen molar-refractivity contribution < 1.29 is 9.90 Å². The SMILES string of the molecule is CCCC(C)(C(=O)O)n1nc2ccccc2n1. The lowest BCUT2D eigenvalue weighted by atomic mass is 9.97. The number of aromatic nitrogens is 3. The van der Waals surface area contributed by atoms with Crippen LogP contribution in [-0.2, 0) is 10.3 Å². The number of carboxylic acid groups (broad SMARTS) is 1. The third kappa shape index (κ3) is 1.88. The Labute approximate surface area is 99.1 Å².